The van der Waals surface area contributed by atoms with Crippen LogP contribution in [0.25, 0.3) is 0 Å². The third kappa shape index (κ3) is 3.20. The highest BCUT2D eigenvalue weighted by molar-refractivity contribution is 7.07. The summed E-state index contributed by atoms with van der Waals surface area (Å²) in [5, 5.41) is 7.69. The van der Waals surface area contributed by atoms with Gasteiger partial charge >= 0.3 is 0 Å². The van der Waals surface area contributed by atoms with E-state index in [-0.39, 0.29) is 0 Å². The molecular weight excluding hydrogens is 244 g/mol. The zero-order valence-electron chi connectivity index (χ0n) is 10.7. The lowest BCUT2D eigenvalue weighted by molar-refractivity contribution is 0.782. The summed E-state index contributed by atoms with van der Waals surface area (Å²) < 4.78 is 0. The summed E-state index contributed by atoms with van der Waals surface area (Å²) in [7, 11) is 0. The van der Waals surface area contributed by atoms with E-state index >= 15 is 0 Å². The van der Waals surface area contributed by atoms with Gasteiger partial charge in [0, 0.05) is 17.8 Å². The Kier molecular flexibility index (Phi) is 4.15. The van der Waals surface area contributed by atoms with Gasteiger partial charge in [0.2, 0.25) is 5.95 Å². The van der Waals surface area contributed by atoms with Gasteiger partial charge in [-0.1, -0.05) is 6.92 Å². The van der Waals surface area contributed by atoms with Crippen molar-refractivity contribution in [1.29, 1.82) is 0 Å². The largest absolute Gasteiger partial charge is 0.368 e. The SMILES string of the molecule is CCc1cnc(N)nc1NC(C)Cc1ccsc1. The fourth-order valence-corrected chi connectivity index (χ4v) is 2.53. The lowest BCUT2D eigenvalue weighted by Gasteiger charge is -2.16. The summed E-state index contributed by atoms with van der Waals surface area (Å²) >= 11 is 1.72. The Morgan fingerprint density at radius 2 is 2.33 bits per heavy atom. The number of rotatable bonds is 5. The molecule has 0 aromatic carbocycles. The maximum atomic E-state index is 5.63. The molecule has 0 saturated carbocycles. The van der Waals surface area contributed by atoms with Gasteiger partial charge in [0.15, 0.2) is 0 Å². The Morgan fingerprint density at radius 1 is 1.50 bits per heavy atom. The second kappa shape index (κ2) is 5.82. The van der Waals surface area contributed by atoms with E-state index in [9.17, 15) is 0 Å². The highest BCUT2D eigenvalue weighted by atomic mass is 32.1. The van der Waals surface area contributed by atoms with E-state index in [0.29, 0.717) is 12.0 Å². The minimum Gasteiger partial charge on any atom is -0.368 e. The van der Waals surface area contributed by atoms with E-state index in [1.807, 2.05) is 0 Å². The topological polar surface area (TPSA) is 63.8 Å². The van der Waals surface area contributed by atoms with Crippen molar-refractivity contribution < 1.29 is 0 Å². The van der Waals surface area contributed by atoms with E-state index in [1.54, 1.807) is 17.5 Å². The first-order chi connectivity index (χ1) is 8.69. The third-order valence-electron chi connectivity index (χ3n) is 2.77. The van der Waals surface area contributed by atoms with Crippen molar-refractivity contribution in [3.63, 3.8) is 0 Å². The molecule has 5 heteroatoms. The quantitative estimate of drug-likeness (QED) is 0.869. The van der Waals surface area contributed by atoms with Crippen LogP contribution in [-0.2, 0) is 12.8 Å². The maximum absolute atomic E-state index is 5.63. The Bertz CT molecular complexity index is 496. The number of hydrogen-bond donors (Lipinski definition) is 2. The van der Waals surface area contributed by atoms with Gasteiger partial charge in [-0.25, -0.2) is 4.98 Å². The molecular formula is C13H18N4S. The monoisotopic (exact) mass is 262 g/mol. The average molecular weight is 262 g/mol. The normalized spacial score (nSPS) is 12.3. The number of anilines is 2. The van der Waals surface area contributed by atoms with Crippen molar-refractivity contribution in [3.05, 3.63) is 34.2 Å². The van der Waals surface area contributed by atoms with E-state index in [1.165, 1.54) is 5.56 Å². The molecule has 0 bridgehead atoms. The summed E-state index contributed by atoms with van der Waals surface area (Å²) in [4.78, 5) is 8.29. The van der Waals surface area contributed by atoms with Crippen LogP contribution in [0.15, 0.2) is 23.0 Å². The van der Waals surface area contributed by atoms with Crippen LogP contribution in [0, 0.1) is 0 Å². The van der Waals surface area contributed by atoms with Crippen LogP contribution in [0.1, 0.15) is 25.0 Å². The van der Waals surface area contributed by atoms with E-state index in [0.717, 1.165) is 24.2 Å². The highest BCUT2D eigenvalue weighted by Crippen LogP contribution is 2.16. The van der Waals surface area contributed by atoms with Gasteiger partial charge in [0.05, 0.1) is 0 Å². The van der Waals surface area contributed by atoms with E-state index in [4.69, 9.17) is 5.73 Å². The van der Waals surface area contributed by atoms with Crippen molar-refractivity contribution >= 4 is 23.1 Å². The predicted octanol–water partition coefficient (Wildman–Crippen LogP) is 2.73. The second-order valence-electron chi connectivity index (χ2n) is 4.34. The highest BCUT2D eigenvalue weighted by Gasteiger charge is 2.09. The summed E-state index contributed by atoms with van der Waals surface area (Å²) in [6.07, 6.45) is 3.67. The number of nitrogens with zero attached hydrogens (tertiary/aromatic N) is 2. The minimum atomic E-state index is 0.317. The molecule has 0 radical (unpaired) electrons. The molecule has 2 aromatic heterocycles. The first kappa shape index (κ1) is 12.8. The number of thiophene rings is 1. The van der Waals surface area contributed by atoms with Crippen LogP contribution in [0.2, 0.25) is 0 Å². The number of nitrogens with two attached hydrogens (primary N) is 1. The molecule has 0 saturated heterocycles. The van der Waals surface area contributed by atoms with Crippen LogP contribution in [-0.4, -0.2) is 16.0 Å². The Labute approximate surface area is 111 Å². The van der Waals surface area contributed by atoms with Crippen LogP contribution >= 0.6 is 11.3 Å². The zero-order valence-corrected chi connectivity index (χ0v) is 11.5. The minimum absolute atomic E-state index is 0.317. The second-order valence-corrected chi connectivity index (χ2v) is 5.12. The average Bonchev–Trinajstić information content (AvgIpc) is 2.82. The summed E-state index contributed by atoms with van der Waals surface area (Å²) in [5.41, 5.74) is 8.08. The lowest BCUT2D eigenvalue weighted by Crippen LogP contribution is -2.20. The van der Waals surface area contributed by atoms with E-state index < -0.39 is 0 Å². The van der Waals surface area contributed by atoms with Gasteiger partial charge in [-0.15, -0.1) is 0 Å². The molecule has 2 rings (SSSR count). The molecule has 2 heterocycles. The van der Waals surface area contributed by atoms with Crippen molar-refractivity contribution in [2.75, 3.05) is 11.1 Å². The number of aromatic nitrogens is 2. The molecule has 4 nitrogen and oxygen atoms in total. The number of nitrogens with one attached hydrogen (secondary N) is 1. The third-order valence-corrected chi connectivity index (χ3v) is 3.50. The fraction of sp³-hybridized carbons (Fsp3) is 0.385. The first-order valence-corrected chi connectivity index (χ1v) is 7.02. The van der Waals surface area contributed by atoms with Crippen LogP contribution in [0.4, 0.5) is 11.8 Å². The van der Waals surface area contributed by atoms with Gasteiger partial charge < -0.3 is 11.1 Å². The molecule has 0 aliphatic carbocycles. The van der Waals surface area contributed by atoms with Gasteiger partial charge in [-0.3, -0.25) is 0 Å². The van der Waals surface area contributed by atoms with Gasteiger partial charge in [0.25, 0.3) is 0 Å². The predicted molar refractivity (Wildman–Crippen MR) is 76.9 cm³/mol. The number of aryl methyl sites for hydroxylation is 1. The standard InChI is InChI=1S/C13H18N4S/c1-3-11-7-15-13(14)17-12(11)16-9(2)6-10-4-5-18-8-10/h4-5,7-9H,3,6H2,1-2H3,(H3,14,15,16,17). The van der Waals surface area contributed by atoms with Gasteiger partial charge in [-0.05, 0) is 42.2 Å². The Hall–Kier alpha value is -1.62. The Balaban J connectivity index is 2.06. The number of nitrogen functional groups attached to an aromatic ring is 1. The molecule has 0 fully saturated rings. The molecule has 18 heavy (non-hydrogen) atoms. The molecule has 3 N–H and O–H groups in total. The molecule has 0 aliphatic heterocycles. The van der Waals surface area contributed by atoms with Crippen molar-refractivity contribution in [2.45, 2.75) is 32.7 Å². The molecule has 0 amide bonds. The summed E-state index contributed by atoms with van der Waals surface area (Å²) in [5.74, 6) is 1.17. The van der Waals surface area contributed by atoms with Crippen LogP contribution in [0.5, 0.6) is 0 Å². The molecule has 0 aliphatic rings. The number of hydrogen-bond acceptors (Lipinski definition) is 5. The van der Waals surface area contributed by atoms with E-state index in [2.05, 4.69) is 46.0 Å². The van der Waals surface area contributed by atoms with Gasteiger partial charge in [-0.2, -0.15) is 16.3 Å². The smallest absolute Gasteiger partial charge is 0.221 e. The van der Waals surface area contributed by atoms with Gasteiger partial charge in [0.1, 0.15) is 5.82 Å². The molecule has 2 aromatic rings. The zero-order chi connectivity index (χ0) is 13.0. The molecule has 1 atom stereocenters. The lowest BCUT2D eigenvalue weighted by atomic mass is 10.1. The summed E-state index contributed by atoms with van der Waals surface area (Å²) in [6, 6.07) is 2.47. The van der Waals surface area contributed by atoms with Crippen molar-refractivity contribution in [1.82, 2.24) is 9.97 Å². The first-order valence-electron chi connectivity index (χ1n) is 6.08. The van der Waals surface area contributed by atoms with Crippen LogP contribution in [0.3, 0.4) is 0 Å². The molecule has 0 spiro atoms. The van der Waals surface area contributed by atoms with Crippen molar-refractivity contribution in [3.8, 4) is 0 Å². The molecule has 1 unspecified atom stereocenters. The van der Waals surface area contributed by atoms with Crippen LogP contribution < -0.4 is 11.1 Å². The summed E-state index contributed by atoms with van der Waals surface area (Å²) in [6.45, 7) is 4.24. The fourth-order valence-electron chi connectivity index (χ4n) is 1.85. The Morgan fingerprint density at radius 3 is 3.00 bits per heavy atom. The molecule has 96 valence electrons. The maximum Gasteiger partial charge on any atom is 0.221 e. The van der Waals surface area contributed by atoms with Crippen molar-refractivity contribution in [2.24, 2.45) is 0 Å².